The van der Waals surface area contributed by atoms with E-state index in [0.29, 0.717) is 0 Å². The quantitative estimate of drug-likeness (QED) is 0.500. The van der Waals surface area contributed by atoms with Crippen LogP contribution in [-0.4, -0.2) is 63.3 Å². The summed E-state index contributed by atoms with van der Waals surface area (Å²) in [6.07, 6.45) is -2.32. The van der Waals surface area contributed by atoms with Gasteiger partial charge in [-0.15, -0.1) is 11.8 Å². The SMILES string of the molecule is CC1SC(CO)C(O)C(O)C1NC(=O)CF. The second-order valence-electron chi connectivity index (χ2n) is 3.77. The van der Waals surface area contributed by atoms with Crippen molar-refractivity contribution >= 4 is 17.7 Å². The molecular formula is C9H16FNO4S. The van der Waals surface area contributed by atoms with Gasteiger partial charge in [0, 0.05) is 5.25 Å². The largest absolute Gasteiger partial charge is 0.395 e. The van der Waals surface area contributed by atoms with Crippen LogP contribution in [0.15, 0.2) is 0 Å². The molecular weight excluding hydrogens is 237 g/mol. The number of carbonyl (C=O) groups is 1. The number of halogens is 1. The van der Waals surface area contributed by atoms with E-state index in [-0.39, 0.29) is 11.9 Å². The molecule has 5 nitrogen and oxygen atoms in total. The molecule has 1 rings (SSSR count). The molecule has 0 aromatic heterocycles. The molecule has 4 N–H and O–H groups in total. The molecule has 16 heavy (non-hydrogen) atoms. The summed E-state index contributed by atoms with van der Waals surface area (Å²) >= 11 is 1.26. The van der Waals surface area contributed by atoms with Crippen LogP contribution in [0.25, 0.3) is 0 Å². The summed E-state index contributed by atoms with van der Waals surface area (Å²) in [6.45, 7) is 0.336. The molecule has 1 saturated heterocycles. The number of amides is 1. The molecule has 0 spiro atoms. The van der Waals surface area contributed by atoms with Crippen LogP contribution in [-0.2, 0) is 4.79 Å². The predicted octanol–water partition coefficient (Wildman–Crippen LogP) is -1.34. The molecule has 1 fully saturated rings. The van der Waals surface area contributed by atoms with Crippen LogP contribution in [0.5, 0.6) is 0 Å². The number of nitrogens with one attached hydrogen (secondary N) is 1. The lowest BCUT2D eigenvalue weighted by Gasteiger charge is -2.40. The summed E-state index contributed by atoms with van der Waals surface area (Å²) in [6, 6.07) is -0.703. The number of aliphatic hydroxyl groups excluding tert-OH is 3. The van der Waals surface area contributed by atoms with Gasteiger partial charge in [0.25, 0.3) is 5.91 Å². The normalized spacial score (nSPS) is 39.4. The van der Waals surface area contributed by atoms with Crippen molar-refractivity contribution in [3.8, 4) is 0 Å². The molecule has 5 atom stereocenters. The fraction of sp³-hybridized carbons (Fsp3) is 0.889. The van der Waals surface area contributed by atoms with Gasteiger partial charge < -0.3 is 20.6 Å². The Bertz CT molecular complexity index is 256. The van der Waals surface area contributed by atoms with Gasteiger partial charge in [0.15, 0.2) is 6.67 Å². The third-order valence-corrected chi connectivity index (χ3v) is 4.12. The predicted molar refractivity (Wildman–Crippen MR) is 57.8 cm³/mol. The highest BCUT2D eigenvalue weighted by Gasteiger charge is 2.42. The summed E-state index contributed by atoms with van der Waals surface area (Å²) in [4.78, 5) is 10.9. The average Bonchev–Trinajstić information content (AvgIpc) is 2.28. The molecule has 7 heteroatoms. The smallest absolute Gasteiger partial charge is 0.251 e. The van der Waals surface area contributed by atoms with Gasteiger partial charge in [-0.1, -0.05) is 6.92 Å². The number of thioether (sulfide) groups is 1. The van der Waals surface area contributed by atoms with Crippen LogP contribution in [0.1, 0.15) is 6.92 Å². The monoisotopic (exact) mass is 253 g/mol. The second kappa shape index (κ2) is 5.81. The number of hydrogen-bond acceptors (Lipinski definition) is 5. The Morgan fingerprint density at radius 1 is 1.44 bits per heavy atom. The number of aliphatic hydroxyl groups is 3. The van der Waals surface area contributed by atoms with Crippen LogP contribution in [0.2, 0.25) is 0 Å². The summed E-state index contributed by atoms with van der Waals surface area (Å²) in [5, 5.41) is 30.0. The Morgan fingerprint density at radius 2 is 2.06 bits per heavy atom. The van der Waals surface area contributed by atoms with Crippen molar-refractivity contribution in [1.82, 2.24) is 5.32 Å². The van der Waals surface area contributed by atoms with Gasteiger partial charge in [0.05, 0.1) is 24.0 Å². The molecule has 1 heterocycles. The molecule has 1 amide bonds. The first-order valence-corrected chi connectivity index (χ1v) is 5.93. The van der Waals surface area contributed by atoms with Crippen molar-refractivity contribution in [2.24, 2.45) is 0 Å². The van der Waals surface area contributed by atoms with Crippen molar-refractivity contribution in [1.29, 1.82) is 0 Å². The Hall–Kier alpha value is -0.370. The summed E-state index contributed by atoms with van der Waals surface area (Å²) in [7, 11) is 0. The highest BCUT2D eigenvalue weighted by Crippen LogP contribution is 2.32. The first-order valence-electron chi connectivity index (χ1n) is 4.99. The lowest BCUT2D eigenvalue weighted by molar-refractivity contribution is -0.124. The van der Waals surface area contributed by atoms with Crippen LogP contribution in [0, 0.1) is 0 Å². The lowest BCUT2D eigenvalue weighted by Crippen LogP contribution is -2.60. The van der Waals surface area contributed by atoms with Gasteiger partial charge in [-0.3, -0.25) is 4.79 Å². The maximum atomic E-state index is 12.0. The van der Waals surface area contributed by atoms with Gasteiger partial charge >= 0.3 is 0 Å². The molecule has 0 aromatic rings. The minimum Gasteiger partial charge on any atom is -0.395 e. The van der Waals surface area contributed by atoms with E-state index in [4.69, 9.17) is 5.11 Å². The highest BCUT2D eigenvalue weighted by molar-refractivity contribution is 8.00. The first kappa shape index (κ1) is 13.7. The Labute approximate surface area is 97.0 Å². The fourth-order valence-electron chi connectivity index (χ4n) is 1.73. The molecule has 5 unspecified atom stereocenters. The number of carbonyl (C=O) groups excluding carboxylic acids is 1. The number of hydrogen-bond donors (Lipinski definition) is 4. The van der Waals surface area contributed by atoms with Gasteiger partial charge in [-0.2, -0.15) is 0 Å². The molecule has 1 aliphatic heterocycles. The van der Waals surface area contributed by atoms with Gasteiger partial charge in [-0.05, 0) is 0 Å². The Morgan fingerprint density at radius 3 is 2.56 bits per heavy atom. The standard InChI is InChI=1S/C9H16FNO4S/c1-4-7(11-6(13)2-10)9(15)8(14)5(3-12)16-4/h4-5,7-9,12,14-15H,2-3H2,1H3,(H,11,13). The molecule has 0 aliphatic carbocycles. The van der Waals surface area contributed by atoms with E-state index in [1.54, 1.807) is 6.92 Å². The fourth-order valence-corrected chi connectivity index (χ4v) is 3.09. The van der Waals surface area contributed by atoms with E-state index < -0.39 is 36.1 Å². The highest BCUT2D eigenvalue weighted by atomic mass is 32.2. The third-order valence-electron chi connectivity index (χ3n) is 2.62. The maximum Gasteiger partial charge on any atom is 0.251 e. The van der Waals surface area contributed by atoms with Gasteiger partial charge in [-0.25, -0.2) is 4.39 Å². The molecule has 1 aliphatic rings. The van der Waals surface area contributed by atoms with Gasteiger partial charge in [0.2, 0.25) is 0 Å². The third kappa shape index (κ3) is 2.85. The molecule has 94 valence electrons. The number of rotatable bonds is 3. The maximum absolute atomic E-state index is 12.0. The molecule has 0 bridgehead atoms. The van der Waals surface area contributed by atoms with Crippen molar-refractivity contribution in [3.63, 3.8) is 0 Å². The lowest BCUT2D eigenvalue weighted by atomic mass is 9.99. The Kier molecular flexibility index (Phi) is 4.97. The Balaban J connectivity index is 2.67. The van der Waals surface area contributed by atoms with Crippen LogP contribution >= 0.6 is 11.8 Å². The molecule has 0 radical (unpaired) electrons. The number of alkyl halides is 1. The summed E-state index contributed by atoms with van der Waals surface area (Å²) in [5.74, 6) is -0.814. The van der Waals surface area contributed by atoms with Crippen molar-refractivity contribution in [2.45, 2.75) is 35.7 Å². The van der Waals surface area contributed by atoms with E-state index in [1.165, 1.54) is 11.8 Å². The van der Waals surface area contributed by atoms with E-state index in [0.717, 1.165) is 0 Å². The summed E-state index contributed by atoms with van der Waals surface area (Å²) < 4.78 is 12.0. The zero-order valence-corrected chi connectivity index (χ0v) is 9.65. The first-order chi connectivity index (χ1) is 7.51. The zero-order valence-electron chi connectivity index (χ0n) is 8.84. The average molecular weight is 253 g/mol. The minimum atomic E-state index is -1.19. The van der Waals surface area contributed by atoms with E-state index in [2.05, 4.69) is 5.32 Å². The van der Waals surface area contributed by atoms with E-state index in [1.807, 2.05) is 0 Å². The minimum absolute atomic E-state index is 0.203. The van der Waals surface area contributed by atoms with Crippen LogP contribution in [0.4, 0.5) is 4.39 Å². The van der Waals surface area contributed by atoms with Gasteiger partial charge in [0.1, 0.15) is 6.10 Å². The van der Waals surface area contributed by atoms with Crippen molar-refractivity contribution in [3.05, 3.63) is 0 Å². The van der Waals surface area contributed by atoms with Crippen molar-refractivity contribution < 1.29 is 24.5 Å². The zero-order chi connectivity index (χ0) is 12.3. The van der Waals surface area contributed by atoms with E-state index >= 15 is 0 Å². The molecule has 0 aromatic carbocycles. The van der Waals surface area contributed by atoms with Crippen molar-refractivity contribution in [2.75, 3.05) is 13.3 Å². The topological polar surface area (TPSA) is 89.8 Å². The molecule has 0 saturated carbocycles. The summed E-state index contributed by atoms with van der Waals surface area (Å²) in [5.41, 5.74) is 0. The van der Waals surface area contributed by atoms with E-state index in [9.17, 15) is 19.4 Å². The van der Waals surface area contributed by atoms with Crippen LogP contribution < -0.4 is 5.32 Å². The second-order valence-corrected chi connectivity index (χ2v) is 5.39. The van der Waals surface area contributed by atoms with Crippen LogP contribution in [0.3, 0.4) is 0 Å².